The number of nitrogens with one attached hydrogen (secondary N) is 1. The summed E-state index contributed by atoms with van der Waals surface area (Å²) in [5.74, 6) is 0. The number of hydrogen-bond acceptors (Lipinski definition) is 2. The van der Waals surface area contributed by atoms with Crippen LogP contribution in [0.1, 0.15) is 11.3 Å². The van der Waals surface area contributed by atoms with Crippen molar-refractivity contribution in [1.29, 1.82) is 0 Å². The van der Waals surface area contributed by atoms with Crippen molar-refractivity contribution in [2.24, 2.45) is 0 Å². The van der Waals surface area contributed by atoms with Gasteiger partial charge in [0, 0.05) is 23.3 Å². The molecule has 2 heterocycles. The van der Waals surface area contributed by atoms with E-state index in [0.717, 1.165) is 24.2 Å². The molecule has 3 rings (SSSR count). The minimum atomic E-state index is 1.06. The van der Waals surface area contributed by atoms with E-state index in [0.29, 0.717) is 0 Å². The number of hydrogen-bond donors (Lipinski definition) is 1. The van der Waals surface area contributed by atoms with Crippen molar-refractivity contribution in [3.8, 4) is 0 Å². The van der Waals surface area contributed by atoms with Crippen LogP contribution in [0.25, 0.3) is 10.9 Å². The third-order valence-corrected chi connectivity index (χ3v) is 2.76. The summed E-state index contributed by atoms with van der Waals surface area (Å²) in [4.78, 5) is 4.51. The van der Waals surface area contributed by atoms with E-state index in [9.17, 15) is 0 Å². The maximum absolute atomic E-state index is 4.51. The number of nitrogens with zero attached hydrogens (tertiary/aromatic N) is 1. The Labute approximate surface area is 83.0 Å². The lowest BCUT2D eigenvalue weighted by Crippen LogP contribution is -1.91. The second-order valence-corrected chi connectivity index (χ2v) is 3.83. The molecule has 1 aromatic heterocycles. The second kappa shape index (κ2) is 2.71. The lowest BCUT2D eigenvalue weighted by molar-refractivity contribution is 1.11. The van der Waals surface area contributed by atoms with Crippen molar-refractivity contribution in [2.75, 3.05) is 11.9 Å². The second-order valence-electron chi connectivity index (χ2n) is 3.83. The predicted octanol–water partition coefficient (Wildman–Crippen LogP) is 2.51. The third-order valence-electron chi connectivity index (χ3n) is 2.76. The summed E-state index contributed by atoms with van der Waals surface area (Å²) in [5.41, 5.74) is 4.85. The molecule has 0 atom stereocenters. The van der Waals surface area contributed by atoms with Crippen LogP contribution in [0.3, 0.4) is 0 Å². The zero-order valence-corrected chi connectivity index (χ0v) is 8.17. The molecule has 1 aliphatic heterocycles. The molecular formula is C12H12N2. The molecule has 2 aromatic rings. The topological polar surface area (TPSA) is 24.9 Å². The molecule has 0 aliphatic carbocycles. The maximum Gasteiger partial charge on any atom is 0.0725 e. The van der Waals surface area contributed by atoms with E-state index in [1.165, 1.54) is 16.6 Å². The highest BCUT2D eigenvalue weighted by molar-refractivity contribution is 5.84. The van der Waals surface area contributed by atoms with Gasteiger partial charge in [-0.3, -0.25) is 4.98 Å². The fourth-order valence-corrected chi connectivity index (χ4v) is 2.02. The van der Waals surface area contributed by atoms with E-state index < -0.39 is 0 Å². The summed E-state index contributed by atoms with van der Waals surface area (Å²) in [6.07, 6.45) is 1.14. The van der Waals surface area contributed by atoms with E-state index in [2.05, 4.69) is 34.6 Å². The van der Waals surface area contributed by atoms with Crippen LogP contribution in [0, 0.1) is 6.92 Å². The van der Waals surface area contributed by atoms with Gasteiger partial charge in [-0.25, -0.2) is 0 Å². The number of aryl methyl sites for hydroxylation is 1. The normalized spacial score (nSPS) is 14.1. The van der Waals surface area contributed by atoms with Crippen LogP contribution in [-0.2, 0) is 6.42 Å². The molecule has 2 nitrogen and oxygen atoms in total. The maximum atomic E-state index is 4.51. The molecule has 0 spiro atoms. The van der Waals surface area contributed by atoms with Crippen molar-refractivity contribution in [1.82, 2.24) is 4.98 Å². The smallest absolute Gasteiger partial charge is 0.0725 e. The Kier molecular flexibility index (Phi) is 1.51. The average Bonchev–Trinajstić information content (AvgIpc) is 2.61. The molecule has 1 N–H and O–H groups in total. The number of pyridine rings is 1. The highest BCUT2D eigenvalue weighted by Crippen LogP contribution is 2.27. The summed E-state index contributed by atoms with van der Waals surface area (Å²) in [6, 6.07) is 8.62. The van der Waals surface area contributed by atoms with Gasteiger partial charge in [-0.15, -0.1) is 0 Å². The average molecular weight is 184 g/mol. The van der Waals surface area contributed by atoms with Crippen LogP contribution in [0.4, 0.5) is 5.69 Å². The molecule has 2 heteroatoms. The predicted molar refractivity (Wildman–Crippen MR) is 58.7 cm³/mol. The number of fused-ring (bicyclic) bond motifs is 2. The quantitative estimate of drug-likeness (QED) is 0.680. The van der Waals surface area contributed by atoms with Gasteiger partial charge in [-0.1, -0.05) is 6.07 Å². The first kappa shape index (κ1) is 7.80. The van der Waals surface area contributed by atoms with Crippen LogP contribution in [-0.4, -0.2) is 11.5 Å². The van der Waals surface area contributed by atoms with Crippen LogP contribution in [0.15, 0.2) is 24.3 Å². The van der Waals surface area contributed by atoms with Crippen molar-refractivity contribution in [3.05, 3.63) is 35.5 Å². The summed E-state index contributed by atoms with van der Waals surface area (Å²) in [6.45, 7) is 3.09. The minimum Gasteiger partial charge on any atom is -0.384 e. The number of rotatable bonds is 0. The van der Waals surface area contributed by atoms with Crippen LogP contribution in [0.5, 0.6) is 0 Å². The molecule has 70 valence electrons. The molecule has 1 aromatic carbocycles. The van der Waals surface area contributed by atoms with E-state index >= 15 is 0 Å². The van der Waals surface area contributed by atoms with Gasteiger partial charge in [0.15, 0.2) is 0 Å². The lowest BCUT2D eigenvalue weighted by Gasteiger charge is -2.03. The van der Waals surface area contributed by atoms with Crippen LogP contribution < -0.4 is 5.32 Å². The van der Waals surface area contributed by atoms with Crippen molar-refractivity contribution >= 4 is 16.6 Å². The Morgan fingerprint density at radius 3 is 3.14 bits per heavy atom. The monoisotopic (exact) mass is 184 g/mol. The summed E-state index contributed by atoms with van der Waals surface area (Å²) in [5, 5.41) is 4.62. The Balaban J connectivity index is 2.33. The van der Waals surface area contributed by atoms with Crippen molar-refractivity contribution in [3.63, 3.8) is 0 Å². The molecule has 1 aliphatic rings. The van der Waals surface area contributed by atoms with Gasteiger partial charge in [0.2, 0.25) is 0 Å². The first-order valence-electron chi connectivity index (χ1n) is 4.97. The molecule has 0 saturated carbocycles. The zero-order valence-electron chi connectivity index (χ0n) is 8.17. The first-order chi connectivity index (χ1) is 6.83. The SMILES string of the molecule is Cc1ccc2cc3c(cc2n1)NCC3. The third kappa shape index (κ3) is 1.07. The zero-order chi connectivity index (χ0) is 9.54. The van der Waals surface area contributed by atoms with E-state index in [1.54, 1.807) is 0 Å². The fraction of sp³-hybridized carbons (Fsp3) is 0.250. The highest BCUT2D eigenvalue weighted by atomic mass is 14.9. The number of aromatic nitrogens is 1. The fourth-order valence-electron chi connectivity index (χ4n) is 2.02. The van der Waals surface area contributed by atoms with E-state index in [-0.39, 0.29) is 0 Å². The standard InChI is InChI=1S/C12H12N2/c1-8-2-3-9-6-10-4-5-13-11(10)7-12(9)14-8/h2-3,6-7,13H,4-5H2,1H3. The van der Waals surface area contributed by atoms with E-state index in [4.69, 9.17) is 0 Å². The van der Waals surface area contributed by atoms with Crippen LogP contribution >= 0.6 is 0 Å². The highest BCUT2D eigenvalue weighted by Gasteiger charge is 2.10. The van der Waals surface area contributed by atoms with Gasteiger partial charge < -0.3 is 5.32 Å². The molecule has 0 radical (unpaired) electrons. The Bertz CT molecular complexity index is 503. The van der Waals surface area contributed by atoms with Gasteiger partial charge in [0.1, 0.15) is 0 Å². The Morgan fingerprint density at radius 2 is 2.21 bits per heavy atom. The van der Waals surface area contributed by atoms with Gasteiger partial charge in [-0.05, 0) is 37.1 Å². The molecule has 0 bridgehead atoms. The molecule has 0 unspecified atom stereocenters. The molecule has 14 heavy (non-hydrogen) atoms. The Hall–Kier alpha value is -1.57. The minimum absolute atomic E-state index is 1.06. The van der Waals surface area contributed by atoms with Gasteiger partial charge in [0.05, 0.1) is 5.52 Å². The molecular weight excluding hydrogens is 172 g/mol. The first-order valence-corrected chi connectivity index (χ1v) is 4.97. The van der Waals surface area contributed by atoms with Gasteiger partial charge in [-0.2, -0.15) is 0 Å². The van der Waals surface area contributed by atoms with Crippen molar-refractivity contribution in [2.45, 2.75) is 13.3 Å². The Morgan fingerprint density at radius 1 is 1.29 bits per heavy atom. The van der Waals surface area contributed by atoms with Gasteiger partial charge in [0.25, 0.3) is 0 Å². The largest absolute Gasteiger partial charge is 0.384 e. The molecule has 0 fully saturated rings. The van der Waals surface area contributed by atoms with E-state index in [1.807, 2.05) is 6.92 Å². The van der Waals surface area contributed by atoms with Crippen molar-refractivity contribution < 1.29 is 0 Å². The lowest BCUT2D eigenvalue weighted by atomic mass is 10.1. The summed E-state index contributed by atoms with van der Waals surface area (Å²) in [7, 11) is 0. The number of benzene rings is 1. The number of anilines is 1. The van der Waals surface area contributed by atoms with Crippen LogP contribution in [0.2, 0.25) is 0 Å². The molecule has 0 amide bonds. The van der Waals surface area contributed by atoms with Gasteiger partial charge >= 0.3 is 0 Å². The summed E-state index contributed by atoms with van der Waals surface area (Å²) >= 11 is 0. The summed E-state index contributed by atoms with van der Waals surface area (Å²) < 4.78 is 0. The molecule has 0 saturated heterocycles.